The van der Waals surface area contributed by atoms with Crippen molar-refractivity contribution in [2.24, 2.45) is 23.5 Å². The molecule has 1 aliphatic heterocycles. The van der Waals surface area contributed by atoms with Crippen molar-refractivity contribution in [3.05, 3.63) is 72.6 Å². The van der Waals surface area contributed by atoms with Crippen molar-refractivity contribution in [3.8, 4) is 0 Å². The third-order valence-electron chi connectivity index (χ3n) is 7.96. The topological polar surface area (TPSA) is 122 Å². The van der Waals surface area contributed by atoms with E-state index in [9.17, 15) is 18.0 Å². The van der Waals surface area contributed by atoms with Crippen LogP contribution in [0.15, 0.2) is 71.9 Å². The minimum absolute atomic E-state index is 0.0651. The fraction of sp³-hybridized carbons (Fsp3) is 0.452. The number of carbonyl (C=O) groups excluding carboxylic acids is 2. The van der Waals surface area contributed by atoms with Crippen LogP contribution in [-0.2, 0) is 26.0 Å². The lowest BCUT2D eigenvalue weighted by molar-refractivity contribution is -0.126. The van der Waals surface area contributed by atoms with E-state index in [-0.39, 0.29) is 11.8 Å². The Morgan fingerprint density at radius 1 is 1.05 bits per heavy atom. The monoisotopic (exact) mass is 564 g/mol. The van der Waals surface area contributed by atoms with Gasteiger partial charge in [0.05, 0.1) is 4.90 Å². The summed E-state index contributed by atoms with van der Waals surface area (Å²) >= 11 is 0. The number of aromatic nitrogens is 1. The number of primary amides is 1. The van der Waals surface area contributed by atoms with Gasteiger partial charge >= 0.3 is 0 Å². The molecule has 0 bridgehead atoms. The van der Waals surface area contributed by atoms with Crippen LogP contribution in [0.5, 0.6) is 0 Å². The summed E-state index contributed by atoms with van der Waals surface area (Å²) in [6, 6.07) is 16.8. The zero-order valence-electron chi connectivity index (χ0n) is 23.2. The summed E-state index contributed by atoms with van der Waals surface area (Å²) in [5.41, 5.74) is 6.52. The molecule has 0 radical (unpaired) electrons. The maximum absolute atomic E-state index is 13.2. The van der Waals surface area contributed by atoms with E-state index >= 15 is 0 Å². The van der Waals surface area contributed by atoms with Gasteiger partial charge in [-0.1, -0.05) is 56.2 Å². The van der Waals surface area contributed by atoms with E-state index in [1.54, 1.807) is 28.8 Å². The van der Waals surface area contributed by atoms with Crippen LogP contribution in [0.3, 0.4) is 0 Å². The molecule has 2 heterocycles. The average molecular weight is 565 g/mol. The molecule has 4 rings (SSSR count). The van der Waals surface area contributed by atoms with E-state index in [4.69, 9.17) is 5.73 Å². The zero-order chi connectivity index (χ0) is 28.5. The number of fused-ring (bicyclic) bond motifs is 1. The first kappa shape index (κ1) is 29.7. The maximum Gasteiger partial charge on any atom is 0.243 e. The van der Waals surface area contributed by atoms with E-state index < -0.39 is 21.8 Å². The normalized spacial score (nSPS) is 16.4. The van der Waals surface area contributed by atoms with E-state index in [1.807, 2.05) is 49.4 Å². The van der Waals surface area contributed by atoms with Gasteiger partial charge in [0.2, 0.25) is 21.8 Å². The first-order valence-corrected chi connectivity index (χ1v) is 15.6. The Hall–Kier alpha value is -3.30. The number of nitrogens with two attached hydrogens (primary N) is 1. The van der Waals surface area contributed by atoms with Gasteiger partial charge in [-0.2, -0.15) is 4.31 Å². The van der Waals surface area contributed by atoms with Crippen molar-refractivity contribution in [1.82, 2.24) is 14.6 Å². The highest BCUT2D eigenvalue weighted by molar-refractivity contribution is 7.89. The molecule has 1 fully saturated rings. The van der Waals surface area contributed by atoms with E-state index in [1.165, 1.54) is 0 Å². The van der Waals surface area contributed by atoms with Crippen LogP contribution >= 0.6 is 0 Å². The number of sulfonamides is 1. The van der Waals surface area contributed by atoms with Crippen LogP contribution < -0.4 is 11.1 Å². The van der Waals surface area contributed by atoms with Crippen molar-refractivity contribution < 1.29 is 18.0 Å². The third-order valence-corrected chi connectivity index (χ3v) is 9.86. The highest BCUT2D eigenvalue weighted by Gasteiger charge is 2.29. The molecule has 0 aliphatic carbocycles. The second-order valence-corrected chi connectivity index (χ2v) is 12.9. The summed E-state index contributed by atoms with van der Waals surface area (Å²) in [4.78, 5) is 29.0. The first-order valence-electron chi connectivity index (χ1n) is 14.2. The van der Waals surface area contributed by atoms with E-state index in [0.717, 1.165) is 48.4 Å². The SMILES string of the molecule is CC(CC(Cc1cccnc1)C(N)=O)C(=O)NCCCCC1CCN(S(=O)(=O)c2ccc3ccccc3c2)CC1. The summed E-state index contributed by atoms with van der Waals surface area (Å²) in [6.45, 7) is 3.48. The molecule has 2 unspecified atom stereocenters. The smallest absolute Gasteiger partial charge is 0.243 e. The minimum atomic E-state index is -3.50. The van der Waals surface area contributed by atoms with Crippen LogP contribution in [-0.4, -0.2) is 49.2 Å². The number of amides is 2. The van der Waals surface area contributed by atoms with Gasteiger partial charge < -0.3 is 11.1 Å². The molecule has 9 heteroatoms. The lowest BCUT2D eigenvalue weighted by atomic mass is 9.89. The van der Waals surface area contributed by atoms with Gasteiger partial charge in [0.25, 0.3) is 0 Å². The Morgan fingerprint density at radius 3 is 2.50 bits per heavy atom. The Balaban J connectivity index is 1.14. The van der Waals surface area contributed by atoms with Crippen LogP contribution in [0.4, 0.5) is 0 Å². The Bertz CT molecular complexity index is 1390. The molecular formula is C31H40N4O4S. The Morgan fingerprint density at radius 2 is 1.80 bits per heavy atom. The number of benzene rings is 2. The molecule has 1 aromatic heterocycles. The number of hydrogen-bond acceptors (Lipinski definition) is 5. The number of rotatable bonds is 13. The Kier molecular flexibility index (Phi) is 10.3. The zero-order valence-corrected chi connectivity index (χ0v) is 24.0. The van der Waals surface area contributed by atoms with Crippen LogP contribution in [0.25, 0.3) is 10.8 Å². The van der Waals surface area contributed by atoms with Crippen molar-refractivity contribution in [2.75, 3.05) is 19.6 Å². The molecule has 0 spiro atoms. The fourth-order valence-electron chi connectivity index (χ4n) is 5.50. The minimum Gasteiger partial charge on any atom is -0.369 e. The molecule has 2 amide bonds. The predicted molar refractivity (Wildman–Crippen MR) is 157 cm³/mol. The molecule has 214 valence electrons. The number of piperidine rings is 1. The summed E-state index contributed by atoms with van der Waals surface area (Å²) in [5, 5.41) is 4.95. The average Bonchev–Trinajstić information content (AvgIpc) is 2.97. The second-order valence-electron chi connectivity index (χ2n) is 10.9. The standard InChI is InChI=1S/C31H40N4O4S/c1-23(19-28(30(32)36)20-25-8-6-15-33-22-25)31(37)34-16-5-4-7-24-13-17-35(18-14-24)40(38,39)29-12-11-26-9-2-3-10-27(26)21-29/h2-3,6,8-12,15,21-24,28H,4-5,7,13-14,16-20H2,1H3,(H2,32,36)(H,34,37). The van der Waals surface area contributed by atoms with Crippen molar-refractivity contribution in [1.29, 1.82) is 0 Å². The largest absolute Gasteiger partial charge is 0.369 e. The highest BCUT2D eigenvalue weighted by Crippen LogP contribution is 2.28. The molecule has 0 saturated carbocycles. The molecule has 40 heavy (non-hydrogen) atoms. The molecular weight excluding hydrogens is 524 g/mol. The summed E-state index contributed by atoms with van der Waals surface area (Å²) in [7, 11) is -3.50. The molecule has 3 aromatic rings. The van der Waals surface area contributed by atoms with Gasteiger partial charge in [-0.25, -0.2) is 8.42 Å². The van der Waals surface area contributed by atoms with Crippen molar-refractivity contribution >= 4 is 32.6 Å². The molecule has 2 atom stereocenters. The lowest BCUT2D eigenvalue weighted by Crippen LogP contribution is -2.38. The van der Waals surface area contributed by atoms with Gasteiger partial charge in [0.15, 0.2) is 0 Å². The number of nitrogens with zero attached hydrogens (tertiary/aromatic N) is 2. The van der Waals surface area contributed by atoms with Gasteiger partial charge in [0, 0.05) is 43.9 Å². The lowest BCUT2D eigenvalue weighted by Gasteiger charge is -2.31. The number of carbonyl (C=O) groups is 2. The number of nitrogens with one attached hydrogen (secondary N) is 1. The molecule has 3 N–H and O–H groups in total. The fourth-order valence-corrected chi connectivity index (χ4v) is 7.00. The van der Waals surface area contributed by atoms with Crippen LogP contribution in [0.1, 0.15) is 51.0 Å². The van der Waals surface area contributed by atoms with Crippen LogP contribution in [0, 0.1) is 17.8 Å². The highest BCUT2D eigenvalue weighted by atomic mass is 32.2. The summed E-state index contributed by atoms with van der Waals surface area (Å²) in [6.07, 6.45) is 8.83. The predicted octanol–water partition coefficient (Wildman–Crippen LogP) is 4.29. The molecule has 2 aromatic carbocycles. The number of pyridine rings is 1. The number of hydrogen-bond donors (Lipinski definition) is 2. The van der Waals surface area contributed by atoms with Crippen molar-refractivity contribution in [2.45, 2.75) is 56.8 Å². The second kappa shape index (κ2) is 13.9. The number of unbranched alkanes of at least 4 members (excludes halogenated alkanes) is 1. The molecule has 1 saturated heterocycles. The summed E-state index contributed by atoms with van der Waals surface area (Å²) < 4.78 is 28.0. The van der Waals surface area contributed by atoms with Gasteiger partial charge in [-0.05, 0) is 72.6 Å². The quantitative estimate of drug-likeness (QED) is 0.300. The van der Waals surface area contributed by atoms with E-state index in [2.05, 4.69) is 10.3 Å². The van der Waals surface area contributed by atoms with Gasteiger partial charge in [0.1, 0.15) is 0 Å². The van der Waals surface area contributed by atoms with Crippen molar-refractivity contribution in [3.63, 3.8) is 0 Å². The first-order chi connectivity index (χ1) is 19.2. The molecule has 1 aliphatic rings. The maximum atomic E-state index is 13.2. The van der Waals surface area contributed by atoms with E-state index in [0.29, 0.717) is 43.3 Å². The molecule has 8 nitrogen and oxygen atoms in total. The van der Waals surface area contributed by atoms with Gasteiger partial charge in [-0.3, -0.25) is 14.6 Å². The van der Waals surface area contributed by atoms with Crippen LogP contribution in [0.2, 0.25) is 0 Å². The Labute approximate surface area is 237 Å². The summed E-state index contributed by atoms with van der Waals surface area (Å²) in [5.74, 6) is -0.713. The third kappa shape index (κ3) is 7.88. The van der Waals surface area contributed by atoms with Gasteiger partial charge in [-0.15, -0.1) is 0 Å².